The van der Waals surface area contributed by atoms with Crippen LogP contribution in [0.4, 0.5) is 4.79 Å². The van der Waals surface area contributed by atoms with Crippen molar-refractivity contribution in [3.05, 3.63) is 76.6 Å². The van der Waals surface area contributed by atoms with Gasteiger partial charge in [-0.1, -0.05) is 23.7 Å². The van der Waals surface area contributed by atoms with E-state index in [1.807, 2.05) is 47.1 Å². The van der Waals surface area contributed by atoms with Gasteiger partial charge in [-0.05, 0) is 80.5 Å². The monoisotopic (exact) mass is 558 g/mol. The number of likely N-dealkylation sites (tertiary alicyclic amines) is 1. The predicted molar refractivity (Wildman–Crippen MR) is 151 cm³/mol. The van der Waals surface area contributed by atoms with Crippen molar-refractivity contribution in [2.45, 2.75) is 51.5 Å². The number of nitrogens with zero attached hydrogens (tertiary/aromatic N) is 5. The van der Waals surface area contributed by atoms with Gasteiger partial charge >= 0.3 is 6.03 Å². The molecule has 0 unspecified atom stereocenters. The van der Waals surface area contributed by atoms with Crippen LogP contribution >= 0.6 is 11.6 Å². The van der Waals surface area contributed by atoms with E-state index >= 15 is 0 Å². The van der Waals surface area contributed by atoms with E-state index in [2.05, 4.69) is 26.6 Å². The molecular weight excluding hydrogens is 528 g/mol. The Labute approximate surface area is 237 Å². The molecule has 0 saturated carbocycles. The number of allylic oxidation sites excluding steroid dienone is 2. The summed E-state index contributed by atoms with van der Waals surface area (Å²) in [4.78, 5) is 34.1. The van der Waals surface area contributed by atoms with E-state index in [0.717, 1.165) is 54.6 Å². The lowest BCUT2D eigenvalue weighted by Gasteiger charge is -2.38. The van der Waals surface area contributed by atoms with Crippen molar-refractivity contribution in [2.24, 2.45) is 0 Å². The summed E-state index contributed by atoms with van der Waals surface area (Å²) in [5.74, 6) is 0.509. The average Bonchev–Trinajstić information content (AvgIpc) is 3.35. The first kappa shape index (κ1) is 26.3. The Bertz CT molecular complexity index is 1490. The van der Waals surface area contributed by atoms with Gasteiger partial charge in [0.1, 0.15) is 6.42 Å². The Morgan fingerprint density at radius 1 is 1.07 bits per heavy atom. The molecule has 0 bridgehead atoms. The molecule has 0 radical (unpaired) electrons. The van der Waals surface area contributed by atoms with Gasteiger partial charge < -0.3 is 19.5 Å². The highest BCUT2D eigenvalue weighted by molar-refractivity contribution is 6.31. The number of urea groups is 1. The van der Waals surface area contributed by atoms with Gasteiger partial charge in [0, 0.05) is 59.4 Å². The molecule has 1 fully saturated rings. The fourth-order valence-electron chi connectivity index (χ4n) is 5.62. The second kappa shape index (κ2) is 11.3. The van der Waals surface area contributed by atoms with E-state index in [0.29, 0.717) is 36.1 Å². The van der Waals surface area contributed by atoms with Crippen molar-refractivity contribution in [1.82, 2.24) is 30.3 Å². The van der Waals surface area contributed by atoms with Crippen LogP contribution in [0.3, 0.4) is 0 Å². The molecule has 3 aromatic rings. The van der Waals surface area contributed by atoms with Crippen molar-refractivity contribution in [3.8, 4) is 22.6 Å². The summed E-state index contributed by atoms with van der Waals surface area (Å²) < 4.78 is 5.87. The number of benzene rings is 1. The number of pyridine rings is 1. The van der Waals surface area contributed by atoms with Crippen molar-refractivity contribution >= 4 is 23.5 Å². The van der Waals surface area contributed by atoms with E-state index in [4.69, 9.17) is 16.0 Å². The molecule has 2 aliphatic heterocycles. The maximum absolute atomic E-state index is 13.1. The third-order valence-corrected chi connectivity index (χ3v) is 8.07. The fraction of sp³-hybridized carbons (Fsp3) is 0.367. The molecule has 1 saturated heterocycles. The number of hydrogen-bond acceptors (Lipinski definition) is 6. The number of aryl methyl sites for hydroxylation is 1. The van der Waals surface area contributed by atoms with Crippen LogP contribution in [0.2, 0.25) is 5.02 Å². The number of halogens is 1. The van der Waals surface area contributed by atoms with Gasteiger partial charge in [-0.2, -0.15) is 0 Å². The Hall–Kier alpha value is -3.98. The highest BCUT2D eigenvalue weighted by atomic mass is 35.5. The Balaban J connectivity index is 1.06. The zero-order chi connectivity index (χ0) is 27.6. The van der Waals surface area contributed by atoms with Crippen LogP contribution in [0.5, 0.6) is 0 Å². The van der Waals surface area contributed by atoms with Crippen LogP contribution in [0, 0.1) is 6.92 Å². The minimum atomic E-state index is -0.0613. The fourth-order valence-corrected chi connectivity index (χ4v) is 5.86. The molecule has 1 aliphatic carbocycles. The molecule has 3 amide bonds. The lowest BCUT2D eigenvalue weighted by Crippen LogP contribution is -2.51. The Kier molecular flexibility index (Phi) is 7.38. The molecule has 4 heterocycles. The Morgan fingerprint density at radius 2 is 1.90 bits per heavy atom. The highest BCUT2D eigenvalue weighted by Gasteiger charge is 2.32. The maximum atomic E-state index is 13.1. The summed E-state index contributed by atoms with van der Waals surface area (Å²) in [7, 11) is 0. The van der Waals surface area contributed by atoms with E-state index in [-0.39, 0.29) is 30.3 Å². The first-order chi connectivity index (χ1) is 19.4. The van der Waals surface area contributed by atoms with Crippen molar-refractivity contribution in [3.63, 3.8) is 0 Å². The van der Waals surface area contributed by atoms with Crippen LogP contribution < -0.4 is 5.32 Å². The molecule has 1 N–H and O–H groups in total. The number of carbonyl (C=O) groups is 2. The highest BCUT2D eigenvalue weighted by Crippen LogP contribution is 2.30. The number of rotatable bonds is 5. The van der Waals surface area contributed by atoms with E-state index in [9.17, 15) is 9.59 Å². The third-order valence-electron chi connectivity index (χ3n) is 7.85. The third kappa shape index (κ3) is 5.65. The summed E-state index contributed by atoms with van der Waals surface area (Å²) in [6.07, 6.45) is 10.4. The SMILES string of the molecule is Cc1ccc(-c2cc(Cl)cc(-c3nnc(CC(=O)N4CCC(N5CCC6=C(C=CCC6)NC5=O)CC4)o3)c2)cn1. The molecule has 206 valence electrons. The summed E-state index contributed by atoms with van der Waals surface area (Å²) in [6, 6.07) is 9.55. The minimum Gasteiger partial charge on any atom is -0.420 e. The quantitative estimate of drug-likeness (QED) is 0.455. The van der Waals surface area contributed by atoms with Gasteiger partial charge in [0.05, 0.1) is 0 Å². The maximum Gasteiger partial charge on any atom is 0.322 e. The van der Waals surface area contributed by atoms with E-state index in [1.165, 1.54) is 5.57 Å². The summed E-state index contributed by atoms with van der Waals surface area (Å²) in [6.45, 7) is 3.83. The molecule has 0 atom stereocenters. The molecule has 9 nitrogen and oxygen atoms in total. The summed E-state index contributed by atoms with van der Waals surface area (Å²) in [5, 5.41) is 11.9. The number of nitrogens with one attached hydrogen (secondary N) is 1. The molecule has 40 heavy (non-hydrogen) atoms. The van der Waals surface area contributed by atoms with Crippen LogP contribution in [0.15, 0.2) is 64.4 Å². The van der Waals surface area contributed by atoms with Gasteiger partial charge in [0.2, 0.25) is 17.7 Å². The van der Waals surface area contributed by atoms with Gasteiger partial charge in [-0.15, -0.1) is 10.2 Å². The number of piperidine rings is 1. The molecular formula is C30H31ClN6O3. The molecule has 3 aliphatic rings. The van der Waals surface area contributed by atoms with Crippen LogP contribution in [0.1, 0.15) is 43.7 Å². The zero-order valence-electron chi connectivity index (χ0n) is 22.4. The summed E-state index contributed by atoms with van der Waals surface area (Å²) >= 11 is 6.39. The smallest absolute Gasteiger partial charge is 0.322 e. The minimum absolute atomic E-state index is 0.0279. The van der Waals surface area contributed by atoms with Gasteiger partial charge in [0.25, 0.3) is 0 Å². The molecule has 6 rings (SSSR count). The number of hydrogen-bond donors (Lipinski definition) is 1. The predicted octanol–water partition coefficient (Wildman–Crippen LogP) is 5.31. The first-order valence-corrected chi connectivity index (χ1v) is 14.1. The standard InChI is InChI=1S/C30H31ClN6O3/c1-19-6-7-21(18-32-19)22-14-23(16-24(31)15-22)29-35-34-27(40-29)17-28(38)36-11-9-25(10-12-36)37-13-8-20-4-2-3-5-26(20)33-30(37)39/h3,5-7,14-16,18,25H,2,4,8-13,17H2,1H3,(H,33,39). The molecule has 1 aromatic carbocycles. The lowest BCUT2D eigenvalue weighted by molar-refractivity contribution is -0.132. The van der Waals surface area contributed by atoms with E-state index in [1.54, 1.807) is 12.3 Å². The van der Waals surface area contributed by atoms with Gasteiger partial charge in [0.15, 0.2) is 0 Å². The topological polar surface area (TPSA) is 104 Å². The average molecular weight is 559 g/mol. The second-order valence-electron chi connectivity index (χ2n) is 10.5. The molecule has 2 aromatic heterocycles. The van der Waals surface area contributed by atoms with Crippen molar-refractivity contribution in [1.29, 1.82) is 0 Å². The second-order valence-corrected chi connectivity index (χ2v) is 11.0. The van der Waals surface area contributed by atoms with Crippen molar-refractivity contribution < 1.29 is 14.0 Å². The zero-order valence-corrected chi connectivity index (χ0v) is 23.2. The van der Waals surface area contributed by atoms with Gasteiger partial charge in [-0.25, -0.2) is 4.79 Å². The Morgan fingerprint density at radius 3 is 2.70 bits per heavy atom. The number of amides is 3. The van der Waals surface area contributed by atoms with Crippen LogP contribution in [0.25, 0.3) is 22.6 Å². The number of aromatic nitrogens is 3. The molecule has 10 heteroatoms. The first-order valence-electron chi connectivity index (χ1n) is 13.7. The normalized spacial score (nSPS) is 18.0. The molecule has 0 spiro atoms. The lowest BCUT2D eigenvalue weighted by atomic mass is 9.99. The largest absolute Gasteiger partial charge is 0.420 e. The van der Waals surface area contributed by atoms with Gasteiger partial charge in [-0.3, -0.25) is 9.78 Å². The van der Waals surface area contributed by atoms with Crippen LogP contribution in [-0.4, -0.2) is 62.6 Å². The van der Waals surface area contributed by atoms with Crippen LogP contribution in [-0.2, 0) is 11.2 Å². The van der Waals surface area contributed by atoms with E-state index < -0.39 is 0 Å². The number of carbonyl (C=O) groups excluding carboxylic acids is 2. The summed E-state index contributed by atoms with van der Waals surface area (Å²) in [5.41, 5.74) is 5.72. The van der Waals surface area contributed by atoms with Crippen molar-refractivity contribution in [2.75, 3.05) is 19.6 Å².